The summed E-state index contributed by atoms with van der Waals surface area (Å²) >= 11 is 0. The fourth-order valence-electron chi connectivity index (χ4n) is 3.76. The van der Waals surface area contributed by atoms with Crippen LogP contribution in [0.3, 0.4) is 0 Å². The molecule has 0 heterocycles. The molecule has 1 atom stereocenters. The fraction of sp³-hybridized carbons (Fsp3) is 0.960. The molecule has 3 nitrogen and oxygen atoms in total. The molecule has 0 aromatic carbocycles. The van der Waals surface area contributed by atoms with E-state index in [2.05, 4.69) is 13.8 Å². The van der Waals surface area contributed by atoms with Gasteiger partial charge >= 0.3 is 5.97 Å². The third kappa shape index (κ3) is 17.5. The number of carbonyl (C=O) groups excluding carboxylic acids is 1. The van der Waals surface area contributed by atoms with Gasteiger partial charge in [0.1, 0.15) is 0 Å². The van der Waals surface area contributed by atoms with Gasteiger partial charge in [-0.2, -0.15) is 0 Å². The van der Waals surface area contributed by atoms with Crippen LogP contribution in [0.2, 0.25) is 0 Å². The molecular formula is C25H50O3. The number of esters is 1. The molecule has 1 N–H and O–H groups in total. The molecule has 0 aliphatic carbocycles. The molecule has 0 bridgehead atoms. The Morgan fingerprint density at radius 1 is 0.607 bits per heavy atom. The first-order valence-electron chi connectivity index (χ1n) is 12.5. The maximum absolute atomic E-state index is 11.7. The minimum atomic E-state index is -1.24. The van der Waals surface area contributed by atoms with E-state index < -0.39 is 5.79 Å². The van der Waals surface area contributed by atoms with Crippen LogP contribution in [0.4, 0.5) is 0 Å². The Morgan fingerprint density at radius 3 is 1.25 bits per heavy atom. The van der Waals surface area contributed by atoms with Gasteiger partial charge in [0.2, 0.25) is 5.79 Å². The zero-order chi connectivity index (χ0) is 20.9. The van der Waals surface area contributed by atoms with E-state index in [9.17, 15) is 9.90 Å². The minimum Gasteiger partial charge on any atom is -0.433 e. The Balaban J connectivity index is 3.92. The van der Waals surface area contributed by atoms with Crippen molar-refractivity contribution in [2.45, 2.75) is 155 Å². The number of ether oxygens (including phenoxy) is 1. The molecule has 0 spiro atoms. The molecule has 0 fully saturated rings. The van der Waals surface area contributed by atoms with Crippen LogP contribution in [0.15, 0.2) is 0 Å². The highest BCUT2D eigenvalue weighted by Gasteiger charge is 2.29. The van der Waals surface area contributed by atoms with E-state index in [0.29, 0.717) is 19.3 Å². The van der Waals surface area contributed by atoms with Crippen LogP contribution in [-0.2, 0) is 9.53 Å². The molecule has 0 aromatic rings. The van der Waals surface area contributed by atoms with Gasteiger partial charge in [-0.05, 0) is 12.8 Å². The van der Waals surface area contributed by atoms with Gasteiger partial charge in [-0.15, -0.1) is 0 Å². The number of rotatable bonds is 21. The van der Waals surface area contributed by atoms with Gasteiger partial charge in [0.25, 0.3) is 0 Å². The maximum Gasteiger partial charge on any atom is 0.308 e. The van der Waals surface area contributed by atoms with Crippen molar-refractivity contribution < 1.29 is 14.6 Å². The molecule has 3 heteroatoms. The molecule has 0 rings (SSSR count). The first kappa shape index (κ1) is 27.4. The number of unbranched alkanes of at least 4 members (excludes halogenated alkanes) is 15. The molecule has 1 unspecified atom stereocenters. The summed E-state index contributed by atoms with van der Waals surface area (Å²) < 4.78 is 5.43. The van der Waals surface area contributed by atoms with Gasteiger partial charge in [0.05, 0.1) is 0 Å². The summed E-state index contributed by atoms with van der Waals surface area (Å²) in [5.74, 6) is -1.52. The molecule has 0 aromatic heterocycles. The van der Waals surface area contributed by atoms with E-state index in [4.69, 9.17) is 4.74 Å². The van der Waals surface area contributed by atoms with Crippen molar-refractivity contribution >= 4 is 5.97 Å². The van der Waals surface area contributed by atoms with Crippen molar-refractivity contribution in [3.63, 3.8) is 0 Å². The molecule has 0 aliphatic rings. The monoisotopic (exact) mass is 398 g/mol. The Hall–Kier alpha value is -0.570. The van der Waals surface area contributed by atoms with Gasteiger partial charge < -0.3 is 9.84 Å². The molecule has 28 heavy (non-hydrogen) atoms. The van der Waals surface area contributed by atoms with E-state index in [-0.39, 0.29) is 5.97 Å². The van der Waals surface area contributed by atoms with Gasteiger partial charge in [-0.1, -0.05) is 117 Å². The lowest BCUT2D eigenvalue weighted by molar-refractivity contribution is -0.215. The summed E-state index contributed by atoms with van der Waals surface area (Å²) in [6, 6.07) is 0. The van der Waals surface area contributed by atoms with Crippen LogP contribution in [0.25, 0.3) is 0 Å². The highest BCUT2D eigenvalue weighted by atomic mass is 16.7. The highest BCUT2D eigenvalue weighted by molar-refractivity contribution is 5.69. The summed E-state index contributed by atoms with van der Waals surface area (Å²) in [7, 11) is 0. The fourth-order valence-corrected chi connectivity index (χ4v) is 3.76. The largest absolute Gasteiger partial charge is 0.433 e. The SMILES string of the molecule is CCCCCCCCCCCCC(O)(CCCCCCCCC)OC(=O)CC. The van der Waals surface area contributed by atoms with Crippen molar-refractivity contribution in [1.82, 2.24) is 0 Å². The van der Waals surface area contributed by atoms with Crippen LogP contribution in [0.5, 0.6) is 0 Å². The molecule has 0 amide bonds. The molecule has 0 saturated carbocycles. The number of hydrogen-bond donors (Lipinski definition) is 1. The lowest BCUT2D eigenvalue weighted by Gasteiger charge is -2.28. The molecular weight excluding hydrogens is 348 g/mol. The molecule has 168 valence electrons. The Morgan fingerprint density at radius 2 is 0.929 bits per heavy atom. The molecule has 0 aliphatic heterocycles. The number of carbonyl (C=O) groups is 1. The second kappa shape index (κ2) is 19.7. The lowest BCUT2D eigenvalue weighted by Crippen LogP contribution is -2.34. The van der Waals surface area contributed by atoms with Crippen LogP contribution < -0.4 is 0 Å². The zero-order valence-electron chi connectivity index (χ0n) is 19.4. The highest BCUT2D eigenvalue weighted by Crippen LogP contribution is 2.25. The van der Waals surface area contributed by atoms with Gasteiger partial charge in [0.15, 0.2) is 0 Å². The van der Waals surface area contributed by atoms with Crippen LogP contribution in [0.1, 0.15) is 149 Å². The molecule has 0 radical (unpaired) electrons. The third-order valence-corrected chi connectivity index (χ3v) is 5.68. The number of hydrogen-bond acceptors (Lipinski definition) is 3. The minimum absolute atomic E-state index is 0.280. The van der Waals surface area contributed by atoms with Crippen LogP contribution in [0, 0.1) is 0 Å². The summed E-state index contributed by atoms with van der Waals surface area (Å²) in [6.07, 6.45) is 22.7. The van der Waals surface area contributed by atoms with Crippen molar-refractivity contribution in [1.29, 1.82) is 0 Å². The quantitative estimate of drug-likeness (QED) is 0.121. The molecule has 0 saturated heterocycles. The van der Waals surface area contributed by atoms with Gasteiger partial charge in [-0.3, -0.25) is 4.79 Å². The van der Waals surface area contributed by atoms with E-state index >= 15 is 0 Å². The predicted molar refractivity (Wildman–Crippen MR) is 120 cm³/mol. The Kier molecular flexibility index (Phi) is 19.3. The number of aliphatic hydroxyl groups is 1. The van der Waals surface area contributed by atoms with Crippen molar-refractivity contribution in [3.05, 3.63) is 0 Å². The Labute approximate surface area is 176 Å². The van der Waals surface area contributed by atoms with Crippen molar-refractivity contribution in [2.24, 2.45) is 0 Å². The summed E-state index contributed by atoms with van der Waals surface area (Å²) in [5, 5.41) is 10.8. The lowest BCUT2D eigenvalue weighted by atomic mass is 9.98. The second-order valence-electron chi connectivity index (χ2n) is 8.58. The van der Waals surface area contributed by atoms with E-state index in [1.807, 2.05) is 0 Å². The maximum atomic E-state index is 11.7. The topological polar surface area (TPSA) is 46.5 Å². The average molecular weight is 399 g/mol. The van der Waals surface area contributed by atoms with Gasteiger partial charge in [-0.25, -0.2) is 0 Å². The second-order valence-corrected chi connectivity index (χ2v) is 8.58. The summed E-state index contributed by atoms with van der Waals surface area (Å²) in [4.78, 5) is 11.7. The van der Waals surface area contributed by atoms with Gasteiger partial charge in [0, 0.05) is 19.3 Å². The zero-order valence-corrected chi connectivity index (χ0v) is 19.4. The normalized spacial score (nSPS) is 13.4. The van der Waals surface area contributed by atoms with E-state index in [0.717, 1.165) is 25.7 Å². The first-order valence-corrected chi connectivity index (χ1v) is 12.5. The van der Waals surface area contributed by atoms with Crippen molar-refractivity contribution in [3.8, 4) is 0 Å². The van der Waals surface area contributed by atoms with Crippen molar-refractivity contribution in [2.75, 3.05) is 0 Å². The standard InChI is InChI=1S/C25H50O3/c1-4-7-9-11-13-14-15-17-19-21-23-25(27,28-24(26)6-3)22-20-18-16-12-10-8-5-2/h27H,4-23H2,1-3H3. The van der Waals surface area contributed by atoms with Crippen LogP contribution >= 0.6 is 0 Å². The summed E-state index contributed by atoms with van der Waals surface area (Å²) in [5.41, 5.74) is 0. The third-order valence-electron chi connectivity index (χ3n) is 5.68. The first-order chi connectivity index (χ1) is 13.6. The average Bonchev–Trinajstić information content (AvgIpc) is 2.68. The van der Waals surface area contributed by atoms with E-state index in [1.54, 1.807) is 6.92 Å². The Bertz CT molecular complexity index is 343. The summed E-state index contributed by atoms with van der Waals surface area (Å²) in [6.45, 7) is 6.28. The predicted octanol–water partition coefficient (Wildman–Crippen LogP) is 8.08. The van der Waals surface area contributed by atoms with Crippen LogP contribution in [-0.4, -0.2) is 16.9 Å². The smallest absolute Gasteiger partial charge is 0.308 e. The van der Waals surface area contributed by atoms with E-state index in [1.165, 1.54) is 83.5 Å².